The van der Waals surface area contributed by atoms with Gasteiger partial charge in [-0.15, -0.1) is 0 Å². The van der Waals surface area contributed by atoms with Crippen LogP contribution in [0.15, 0.2) is 42.6 Å². The highest BCUT2D eigenvalue weighted by Gasteiger charge is 2.24. The predicted molar refractivity (Wildman–Crippen MR) is 86.0 cm³/mol. The molecule has 2 rings (SSSR count). The average Bonchev–Trinajstić information content (AvgIpc) is 2.96. The van der Waals surface area contributed by atoms with Crippen LogP contribution in [-0.4, -0.2) is 22.2 Å². The van der Waals surface area contributed by atoms with Gasteiger partial charge in [-0.3, -0.25) is 0 Å². The monoisotopic (exact) mass is 301 g/mol. The second-order valence-corrected chi connectivity index (χ2v) is 5.63. The number of benzene rings is 1. The van der Waals surface area contributed by atoms with Gasteiger partial charge in [-0.1, -0.05) is 26.0 Å². The first-order valence-corrected chi connectivity index (χ1v) is 7.64. The second kappa shape index (κ2) is 7.16. The minimum atomic E-state index is -0.392. The fraction of sp³-hybridized carbons (Fsp3) is 0.389. The first-order chi connectivity index (χ1) is 10.5. The zero-order chi connectivity index (χ0) is 16.1. The van der Waals surface area contributed by atoms with Crippen LogP contribution >= 0.6 is 0 Å². The van der Waals surface area contributed by atoms with Crippen molar-refractivity contribution >= 4 is 5.97 Å². The molecule has 0 spiro atoms. The van der Waals surface area contributed by atoms with E-state index in [4.69, 9.17) is 4.74 Å². The molecule has 22 heavy (non-hydrogen) atoms. The van der Waals surface area contributed by atoms with Gasteiger partial charge < -0.3 is 14.4 Å². The van der Waals surface area contributed by atoms with Crippen molar-refractivity contribution in [1.29, 1.82) is 0 Å². The first kappa shape index (κ1) is 16.1. The lowest BCUT2D eigenvalue weighted by Gasteiger charge is -2.22. The van der Waals surface area contributed by atoms with Gasteiger partial charge in [0.2, 0.25) is 0 Å². The summed E-state index contributed by atoms with van der Waals surface area (Å²) in [6.45, 7) is 6.39. The molecule has 0 saturated heterocycles. The number of esters is 1. The molecule has 1 N–H and O–H groups in total. The molecule has 2 aromatic rings. The van der Waals surface area contributed by atoms with Crippen molar-refractivity contribution in [3.8, 4) is 5.75 Å². The predicted octanol–water partition coefficient (Wildman–Crippen LogP) is 3.66. The van der Waals surface area contributed by atoms with Crippen molar-refractivity contribution in [2.24, 2.45) is 0 Å². The standard InChI is InChI=1S/C18H23NO3/c1-4-22-18(21)17(12-14-7-9-15(20)10-8-14)19-11-5-6-16(19)13(2)3/h5-11,13,17,20H,4,12H2,1-3H3. The van der Waals surface area contributed by atoms with Gasteiger partial charge in [0.05, 0.1) is 6.61 Å². The topological polar surface area (TPSA) is 51.5 Å². The van der Waals surface area contributed by atoms with Crippen LogP contribution < -0.4 is 0 Å². The molecule has 4 heteroatoms. The van der Waals surface area contributed by atoms with E-state index in [1.165, 1.54) is 0 Å². The van der Waals surface area contributed by atoms with Crippen LogP contribution in [0.4, 0.5) is 0 Å². The summed E-state index contributed by atoms with van der Waals surface area (Å²) >= 11 is 0. The van der Waals surface area contributed by atoms with Gasteiger partial charge >= 0.3 is 5.97 Å². The molecule has 0 saturated carbocycles. The van der Waals surface area contributed by atoms with Crippen LogP contribution in [0.3, 0.4) is 0 Å². The van der Waals surface area contributed by atoms with Crippen molar-refractivity contribution in [3.63, 3.8) is 0 Å². The molecule has 1 heterocycles. The van der Waals surface area contributed by atoms with E-state index in [-0.39, 0.29) is 11.7 Å². The third-order valence-corrected chi connectivity index (χ3v) is 3.66. The number of phenolic OH excluding ortho intramolecular Hbond substituents is 1. The summed E-state index contributed by atoms with van der Waals surface area (Å²) in [5, 5.41) is 9.39. The summed E-state index contributed by atoms with van der Waals surface area (Å²) in [6, 6.07) is 10.5. The third-order valence-electron chi connectivity index (χ3n) is 3.66. The van der Waals surface area contributed by atoms with E-state index >= 15 is 0 Å². The molecule has 1 aromatic carbocycles. The van der Waals surface area contributed by atoms with Gasteiger partial charge in [0.25, 0.3) is 0 Å². The Morgan fingerprint density at radius 2 is 1.91 bits per heavy atom. The Morgan fingerprint density at radius 1 is 1.23 bits per heavy atom. The molecular weight excluding hydrogens is 278 g/mol. The second-order valence-electron chi connectivity index (χ2n) is 5.63. The molecule has 1 unspecified atom stereocenters. The maximum atomic E-state index is 12.4. The van der Waals surface area contributed by atoms with E-state index in [9.17, 15) is 9.90 Å². The molecule has 0 radical (unpaired) electrons. The number of nitrogens with zero attached hydrogens (tertiary/aromatic N) is 1. The normalized spacial score (nSPS) is 12.4. The summed E-state index contributed by atoms with van der Waals surface area (Å²) in [6.07, 6.45) is 2.46. The van der Waals surface area contributed by atoms with Crippen LogP contribution in [0.5, 0.6) is 5.75 Å². The zero-order valence-corrected chi connectivity index (χ0v) is 13.3. The number of phenols is 1. The first-order valence-electron chi connectivity index (χ1n) is 7.64. The molecule has 0 amide bonds. The van der Waals surface area contributed by atoms with E-state index in [0.717, 1.165) is 11.3 Å². The number of carbonyl (C=O) groups is 1. The number of aromatic nitrogens is 1. The fourth-order valence-corrected chi connectivity index (χ4v) is 2.57. The maximum Gasteiger partial charge on any atom is 0.329 e. The molecule has 0 aliphatic heterocycles. The van der Waals surface area contributed by atoms with Gasteiger partial charge in [0.15, 0.2) is 0 Å². The Labute approximate surface area is 131 Å². The zero-order valence-electron chi connectivity index (χ0n) is 13.3. The minimum absolute atomic E-state index is 0.222. The Balaban J connectivity index is 2.32. The highest BCUT2D eigenvalue weighted by atomic mass is 16.5. The molecular formula is C18H23NO3. The Morgan fingerprint density at radius 3 is 2.50 bits per heavy atom. The van der Waals surface area contributed by atoms with Crippen molar-refractivity contribution in [2.45, 2.75) is 39.2 Å². The minimum Gasteiger partial charge on any atom is -0.508 e. The quantitative estimate of drug-likeness (QED) is 0.828. The number of aromatic hydroxyl groups is 1. The molecule has 0 fully saturated rings. The van der Waals surface area contributed by atoms with Crippen molar-refractivity contribution in [3.05, 3.63) is 53.9 Å². The average molecular weight is 301 g/mol. The molecule has 0 aliphatic rings. The Kier molecular flexibility index (Phi) is 5.26. The van der Waals surface area contributed by atoms with E-state index in [1.54, 1.807) is 12.1 Å². The SMILES string of the molecule is CCOC(=O)C(Cc1ccc(O)cc1)n1cccc1C(C)C. The molecule has 0 aliphatic carbocycles. The number of ether oxygens (including phenoxy) is 1. The van der Waals surface area contributed by atoms with Gasteiger partial charge in [0, 0.05) is 18.3 Å². The maximum absolute atomic E-state index is 12.4. The lowest BCUT2D eigenvalue weighted by molar-refractivity contribution is -0.147. The lowest BCUT2D eigenvalue weighted by Crippen LogP contribution is -2.25. The van der Waals surface area contributed by atoms with Gasteiger partial charge in [-0.05, 0) is 42.7 Å². The molecule has 0 bridgehead atoms. The van der Waals surface area contributed by atoms with Gasteiger partial charge in [-0.2, -0.15) is 0 Å². The Hall–Kier alpha value is -2.23. The van der Waals surface area contributed by atoms with Gasteiger partial charge in [0.1, 0.15) is 11.8 Å². The summed E-state index contributed by atoms with van der Waals surface area (Å²) in [5.41, 5.74) is 2.09. The Bertz CT molecular complexity index is 614. The number of carbonyl (C=O) groups excluding carboxylic acids is 1. The van der Waals surface area contributed by atoms with Crippen LogP contribution in [0.2, 0.25) is 0 Å². The van der Waals surface area contributed by atoms with E-state index in [1.807, 2.05) is 42.0 Å². The van der Waals surface area contributed by atoms with Gasteiger partial charge in [-0.25, -0.2) is 4.79 Å². The smallest absolute Gasteiger partial charge is 0.329 e. The summed E-state index contributed by atoms with van der Waals surface area (Å²) in [4.78, 5) is 12.4. The molecule has 4 nitrogen and oxygen atoms in total. The fourth-order valence-electron chi connectivity index (χ4n) is 2.57. The summed E-state index contributed by atoms with van der Waals surface area (Å²) < 4.78 is 7.24. The summed E-state index contributed by atoms with van der Waals surface area (Å²) in [7, 11) is 0. The number of hydrogen-bond donors (Lipinski definition) is 1. The summed E-state index contributed by atoms with van der Waals surface area (Å²) in [5.74, 6) is 0.320. The van der Waals surface area contributed by atoms with Crippen LogP contribution in [0.25, 0.3) is 0 Å². The van der Waals surface area contributed by atoms with Crippen molar-refractivity contribution < 1.29 is 14.6 Å². The van der Waals surface area contributed by atoms with Crippen LogP contribution in [0, 0.1) is 0 Å². The lowest BCUT2D eigenvalue weighted by atomic mass is 10.0. The van der Waals surface area contributed by atoms with E-state index in [0.29, 0.717) is 18.9 Å². The van der Waals surface area contributed by atoms with Crippen molar-refractivity contribution in [2.75, 3.05) is 6.61 Å². The molecule has 1 atom stereocenters. The molecule has 118 valence electrons. The largest absolute Gasteiger partial charge is 0.508 e. The van der Waals surface area contributed by atoms with E-state index in [2.05, 4.69) is 13.8 Å². The van der Waals surface area contributed by atoms with Crippen LogP contribution in [-0.2, 0) is 16.0 Å². The van der Waals surface area contributed by atoms with Crippen molar-refractivity contribution in [1.82, 2.24) is 4.57 Å². The highest BCUT2D eigenvalue weighted by molar-refractivity contribution is 5.75. The highest BCUT2D eigenvalue weighted by Crippen LogP contribution is 2.24. The number of rotatable bonds is 6. The molecule has 1 aromatic heterocycles. The van der Waals surface area contributed by atoms with E-state index < -0.39 is 6.04 Å². The number of hydrogen-bond acceptors (Lipinski definition) is 3. The third kappa shape index (κ3) is 3.70. The van der Waals surface area contributed by atoms with Crippen LogP contribution in [0.1, 0.15) is 44.0 Å².